The van der Waals surface area contributed by atoms with Crippen molar-refractivity contribution in [3.63, 3.8) is 0 Å². The summed E-state index contributed by atoms with van der Waals surface area (Å²) in [5.41, 5.74) is -3.55. The van der Waals surface area contributed by atoms with E-state index in [1.165, 1.54) is 6.07 Å². The summed E-state index contributed by atoms with van der Waals surface area (Å²) in [6.07, 6.45) is -4.33. The molecule has 0 saturated carbocycles. The molecule has 0 radical (unpaired) electrons. The monoisotopic (exact) mass is 522 g/mol. The van der Waals surface area contributed by atoms with Crippen molar-refractivity contribution in [2.45, 2.75) is 12.6 Å². The third-order valence-electron chi connectivity index (χ3n) is 5.50. The van der Waals surface area contributed by atoms with Gasteiger partial charge in [0.25, 0.3) is 5.69 Å². The van der Waals surface area contributed by atoms with Gasteiger partial charge in [0.15, 0.2) is 34.5 Å². The molecule has 0 N–H and O–H groups in total. The van der Waals surface area contributed by atoms with Crippen LogP contribution in [0, 0.1) is 21.7 Å². The summed E-state index contributed by atoms with van der Waals surface area (Å²) in [6, 6.07) is 5.91. The zero-order valence-electron chi connectivity index (χ0n) is 19.0. The fraction of sp³-hybridized carbons (Fsp3) is 0.167. The van der Waals surface area contributed by atoms with Crippen molar-refractivity contribution in [3.8, 4) is 11.5 Å². The minimum Gasteiger partial charge on any atom is -0.494 e. The molecule has 4 rings (SSSR count). The Kier molecular flexibility index (Phi) is 6.55. The number of aromatic nitrogens is 1. The zero-order valence-corrected chi connectivity index (χ0v) is 19.0. The highest BCUT2D eigenvalue weighted by molar-refractivity contribution is 6.09. The van der Waals surface area contributed by atoms with E-state index >= 15 is 0 Å². The predicted molar refractivity (Wildman–Crippen MR) is 118 cm³/mol. The van der Waals surface area contributed by atoms with Gasteiger partial charge in [-0.3, -0.25) is 19.9 Å². The molecule has 37 heavy (non-hydrogen) atoms. The number of pyridine rings is 1. The zero-order chi connectivity index (χ0) is 27.1. The number of methoxy groups -OCH3 is 2. The average molecular weight is 522 g/mol. The number of ketones is 1. The standard InChI is InChI=1S/C24H15F5N2O6/c1-35-16-9-17(36-2)22(26)20(21(16)25)23(32)18-7-11-6-12(30-10-19(11)37-18)8-13-14(24(27,28)29)4-3-5-15(13)31(33)34/h3-7,9-10H,8H2,1-2H3. The fourth-order valence-electron chi connectivity index (χ4n) is 3.79. The van der Waals surface area contributed by atoms with Crippen molar-refractivity contribution >= 4 is 22.4 Å². The van der Waals surface area contributed by atoms with Crippen molar-refractivity contribution < 1.29 is 45.6 Å². The second kappa shape index (κ2) is 9.48. The molecule has 0 amide bonds. The second-order valence-corrected chi connectivity index (χ2v) is 7.67. The topological polar surface area (TPSA) is 105 Å². The molecule has 0 fully saturated rings. The van der Waals surface area contributed by atoms with Crippen LogP contribution in [0.1, 0.15) is 32.9 Å². The van der Waals surface area contributed by atoms with E-state index in [2.05, 4.69) is 4.98 Å². The van der Waals surface area contributed by atoms with Gasteiger partial charge in [-0.1, -0.05) is 6.07 Å². The quantitative estimate of drug-likeness (QED) is 0.129. The first kappa shape index (κ1) is 25.5. The van der Waals surface area contributed by atoms with Crippen LogP contribution in [-0.2, 0) is 12.6 Å². The van der Waals surface area contributed by atoms with E-state index < -0.39 is 74.6 Å². The van der Waals surface area contributed by atoms with Crippen LogP contribution in [0.4, 0.5) is 27.6 Å². The first-order chi connectivity index (χ1) is 17.5. The molecule has 2 aromatic heterocycles. The lowest BCUT2D eigenvalue weighted by Gasteiger charge is -2.12. The average Bonchev–Trinajstić information content (AvgIpc) is 3.27. The van der Waals surface area contributed by atoms with Gasteiger partial charge in [0.1, 0.15) is 5.56 Å². The van der Waals surface area contributed by atoms with Crippen molar-refractivity contribution in [1.29, 1.82) is 0 Å². The molecule has 192 valence electrons. The number of hydrogen-bond donors (Lipinski definition) is 0. The number of rotatable bonds is 7. The molecule has 4 aromatic rings. The second-order valence-electron chi connectivity index (χ2n) is 7.67. The molecule has 2 heterocycles. The molecule has 8 nitrogen and oxygen atoms in total. The van der Waals surface area contributed by atoms with Crippen LogP contribution in [0.15, 0.2) is 47.0 Å². The van der Waals surface area contributed by atoms with Crippen LogP contribution in [0.25, 0.3) is 11.0 Å². The Balaban J connectivity index is 1.76. The molecule has 0 bridgehead atoms. The van der Waals surface area contributed by atoms with E-state index in [0.717, 1.165) is 50.7 Å². The van der Waals surface area contributed by atoms with Gasteiger partial charge in [-0.25, -0.2) is 8.78 Å². The summed E-state index contributed by atoms with van der Waals surface area (Å²) in [4.78, 5) is 27.3. The molecule has 0 saturated heterocycles. The first-order valence-electron chi connectivity index (χ1n) is 10.3. The van der Waals surface area contributed by atoms with Crippen LogP contribution in [0.3, 0.4) is 0 Å². The predicted octanol–water partition coefficient (Wildman–Crippen LogP) is 5.87. The minimum atomic E-state index is -4.85. The van der Waals surface area contributed by atoms with E-state index in [4.69, 9.17) is 13.9 Å². The first-order valence-corrected chi connectivity index (χ1v) is 10.3. The Labute approximate surface area is 204 Å². The smallest absolute Gasteiger partial charge is 0.416 e. The summed E-state index contributed by atoms with van der Waals surface area (Å²) in [6.45, 7) is 0. The van der Waals surface area contributed by atoms with Crippen LogP contribution < -0.4 is 9.47 Å². The van der Waals surface area contributed by atoms with Gasteiger partial charge < -0.3 is 13.9 Å². The van der Waals surface area contributed by atoms with Crippen LogP contribution >= 0.6 is 0 Å². The van der Waals surface area contributed by atoms with Crippen molar-refractivity contribution in [2.75, 3.05) is 14.2 Å². The van der Waals surface area contributed by atoms with Gasteiger partial charge >= 0.3 is 6.18 Å². The van der Waals surface area contributed by atoms with Gasteiger partial charge in [-0.2, -0.15) is 13.2 Å². The molecule has 2 aromatic carbocycles. The van der Waals surface area contributed by atoms with E-state index in [9.17, 15) is 36.9 Å². The molecule has 0 aliphatic carbocycles. The highest BCUT2D eigenvalue weighted by Crippen LogP contribution is 2.37. The van der Waals surface area contributed by atoms with E-state index in [1.807, 2.05) is 0 Å². The molecule has 0 aliphatic heterocycles. The molecule has 0 aliphatic rings. The number of benzene rings is 2. The molecule has 0 unspecified atom stereocenters. The maximum Gasteiger partial charge on any atom is 0.416 e. The lowest BCUT2D eigenvalue weighted by Crippen LogP contribution is -2.12. The minimum absolute atomic E-state index is 0.00694. The number of fused-ring (bicyclic) bond motifs is 1. The summed E-state index contributed by atoms with van der Waals surface area (Å²) in [5.74, 6) is -5.17. The number of ether oxygens (including phenoxy) is 2. The van der Waals surface area contributed by atoms with Crippen LogP contribution in [0.2, 0.25) is 0 Å². The maximum absolute atomic E-state index is 14.7. The SMILES string of the molecule is COc1cc(OC)c(F)c(C(=O)c2cc3cc(Cc4c([N+](=O)[O-])cccc4C(F)(F)F)ncc3o2)c1F. The summed E-state index contributed by atoms with van der Waals surface area (Å²) >= 11 is 0. The van der Waals surface area contributed by atoms with Crippen molar-refractivity contribution in [3.05, 3.63) is 92.5 Å². The number of nitrogens with zero attached hydrogens (tertiary/aromatic N) is 2. The summed E-state index contributed by atoms with van der Waals surface area (Å²) in [7, 11) is 2.22. The van der Waals surface area contributed by atoms with Crippen molar-refractivity contribution in [2.24, 2.45) is 0 Å². The van der Waals surface area contributed by atoms with Gasteiger partial charge in [-0.15, -0.1) is 0 Å². The highest BCUT2D eigenvalue weighted by Gasteiger charge is 2.36. The maximum atomic E-state index is 14.7. The Morgan fingerprint density at radius 1 is 1.08 bits per heavy atom. The Morgan fingerprint density at radius 3 is 2.30 bits per heavy atom. The van der Waals surface area contributed by atoms with Crippen LogP contribution in [0.5, 0.6) is 11.5 Å². The third-order valence-corrected chi connectivity index (χ3v) is 5.50. The summed E-state index contributed by atoms with van der Waals surface area (Å²) in [5, 5.41) is 11.5. The van der Waals surface area contributed by atoms with E-state index in [0.29, 0.717) is 0 Å². The highest BCUT2D eigenvalue weighted by atomic mass is 19.4. The number of hydrogen-bond acceptors (Lipinski definition) is 7. The van der Waals surface area contributed by atoms with Gasteiger partial charge in [0.05, 0.1) is 30.9 Å². The van der Waals surface area contributed by atoms with E-state index in [1.54, 1.807) is 0 Å². The Bertz CT molecular complexity index is 1520. The lowest BCUT2D eigenvalue weighted by atomic mass is 9.99. The number of furan rings is 1. The normalized spacial score (nSPS) is 11.5. The van der Waals surface area contributed by atoms with E-state index in [-0.39, 0.29) is 16.7 Å². The molecule has 0 spiro atoms. The van der Waals surface area contributed by atoms with Gasteiger partial charge in [0.2, 0.25) is 5.78 Å². The molecular formula is C24H15F5N2O6. The van der Waals surface area contributed by atoms with Gasteiger partial charge in [0, 0.05) is 35.2 Å². The third kappa shape index (κ3) is 4.67. The number of nitro groups is 1. The lowest BCUT2D eigenvalue weighted by molar-refractivity contribution is -0.385. The fourth-order valence-corrected chi connectivity index (χ4v) is 3.79. The molecular weight excluding hydrogens is 507 g/mol. The number of carbonyl (C=O) groups is 1. The Hall–Kier alpha value is -4.55. The number of alkyl halides is 3. The van der Waals surface area contributed by atoms with Crippen LogP contribution in [-0.4, -0.2) is 29.9 Å². The number of halogens is 5. The molecule has 13 heteroatoms. The largest absolute Gasteiger partial charge is 0.494 e. The summed E-state index contributed by atoms with van der Waals surface area (Å²) < 4.78 is 85.0. The number of nitro benzene ring substituents is 1. The molecule has 0 atom stereocenters. The van der Waals surface area contributed by atoms with Crippen molar-refractivity contribution in [1.82, 2.24) is 4.98 Å². The van der Waals surface area contributed by atoms with Gasteiger partial charge in [-0.05, 0) is 18.2 Å². The number of carbonyl (C=O) groups excluding carboxylic acids is 1. The Morgan fingerprint density at radius 2 is 1.73 bits per heavy atom.